The molecule has 1 atom stereocenters. The average molecular weight is 241 g/mol. The molecule has 17 heavy (non-hydrogen) atoms. The summed E-state index contributed by atoms with van der Waals surface area (Å²) in [7, 11) is 0. The van der Waals surface area contributed by atoms with Crippen LogP contribution in [0.2, 0.25) is 0 Å². The Hall–Kier alpha value is -0.860. The Morgan fingerprint density at radius 2 is 1.53 bits per heavy atom. The van der Waals surface area contributed by atoms with Crippen molar-refractivity contribution in [1.82, 2.24) is 5.32 Å². The van der Waals surface area contributed by atoms with Gasteiger partial charge in [0.1, 0.15) is 0 Å². The second kappa shape index (κ2) is 5.65. The number of nitrogens with one attached hydrogen (secondary N) is 1. The van der Waals surface area contributed by atoms with E-state index in [4.69, 9.17) is 0 Å². The fourth-order valence-electron chi connectivity index (χ4n) is 1.19. The van der Waals surface area contributed by atoms with Gasteiger partial charge in [-0.25, -0.2) is 0 Å². The third-order valence-corrected chi connectivity index (χ3v) is 3.06. The number of carbonyl (C=O) groups is 2. The number of hydrogen-bond acceptors (Lipinski definition) is 2. The van der Waals surface area contributed by atoms with Gasteiger partial charge in [0.15, 0.2) is 0 Å². The summed E-state index contributed by atoms with van der Waals surface area (Å²) >= 11 is 0. The van der Waals surface area contributed by atoms with E-state index in [-0.39, 0.29) is 28.6 Å². The minimum atomic E-state index is -0.170. The summed E-state index contributed by atoms with van der Waals surface area (Å²) in [6.07, 6.45) is 1.20. The van der Waals surface area contributed by atoms with Crippen molar-refractivity contribution in [3.63, 3.8) is 0 Å². The van der Waals surface area contributed by atoms with Gasteiger partial charge in [-0.3, -0.25) is 14.9 Å². The summed E-state index contributed by atoms with van der Waals surface area (Å²) in [5, 5.41) is 2.48. The zero-order chi connectivity index (χ0) is 13.9. The van der Waals surface area contributed by atoms with Gasteiger partial charge in [-0.1, -0.05) is 48.5 Å². The van der Waals surface area contributed by atoms with Crippen LogP contribution in [-0.2, 0) is 9.59 Å². The summed E-state index contributed by atoms with van der Waals surface area (Å²) in [6.45, 7) is 14.1. The van der Waals surface area contributed by atoms with Crippen molar-refractivity contribution < 1.29 is 9.59 Å². The molecule has 0 saturated heterocycles. The maximum atomic E-state index is 11.8. The van der Waals surface area contributed by atoms with Crippen LogP contribution in [0, 0.1) is 16.7 Å². The molecule has 3 nitrogen and oxygen atoms in total. The van der Waals surface area contributed by atoms with Gasteiger partial charge in [0, 0.05) is 12.3 Å². The Morgan fingerprint density at radius 3 is 1.88 bits per heavy atom. The fraction of sp³-hybridized carbons (Fsp3) is 0.857. The third kappa shape index (κ3) is 7.14. The van der Waals surface area contributed by atoms with Crippen LogP contribution in [0.5, 0.6) is 0 Å². The van der Waals surface area contributed by atoms with E-state index in [2.05, 4.69) is 26.1 Å². The Morgan fingerprint density at radius 1 is 1.06 bits per heavy atom. The van der Waals surface area contributed by atoms with Crippen molar-refractivity contribution in [2.75, 3.05) is 0 Å². The van der Waals surface area contributed by atoms with Crippen molar-refractivity contribution in [3.05, 3.63) is 0 Å². The number of rotatable bonds is 3. The van der Waals surface area contributed by atoms with E-state index in [9.17, 15) is 9.59 Å². The second-order valence-corrected chi connectivity index (χ2v) is 7.06. The van der Waals surface area contributed by atoms with E-state index < -0.39 is 0 Å². The van der Waals surface area contributed by atoms with Crippen LogP contribution in [-0.4, -0.2) is 11.8 Å². The lowest BCUT2D eigenvalue weighted by Gasteiger charge is -2.26. The SMILES string of the molecule is CC(C(=O)NC(=O)CCC(C)(C)C)C(C)(C)C. The molecule has 3 heteroatoms. The molecule has 0 aliphatic carbocycles. The molecular formula is C14H27NO2. The lowest BCUT2D eigenvalue weighted by atomic mass is 9.81. The highest BCUT2D eigenvalue weighted by molar-refractivity contribution is 5.96. The molecule has 0 aliphatic heterocycles. The van der Waals surface area contributed by atoms with Crippen molar-refractivity contribution in [2.24, 2.45) is 16.7 Å². The first-order valence-corrected chi connectivity index (χ1v) is 6.27. The van der Waals surface area contributed by atoms with Gasteiger partial charge < -0.3 is 0 Å². The van der Waals surface area contributed by atoms with Crippen molar-refractivity contribution in [1.29, 1.82) is 0 Å². The Labute approximate surface area is 105 Å². The van der Waals surface area contributed by atoms with Gasteiger partial charge in [0.05, 0.1) is 0 Å². The van der Waals surface area contributed by atoms with E-state index in [1.165, 1.54) is 0 Å². The highest BCUT2D eigenvalue weighted by atomic mass is 16.2. The standard InChI is InChI=1S/C14H27NO2/c1-10(14(5,6)7)12(17)15-11(16)8-9-13(2,3)4/h10H,8-9H2,1-7H3,(H,15,16,17). The van der Waals surface area contributed by atoms with Gasteiger partial charge >= 0.3 is 0 Å². The van der Waals surface area contributed by atoms with Crippen molar-refractivity contribution >= 4 is 11.8 Å². The molecule has 0 heterocycles. The number of amides is 2. The maximum Gasteiger partial charge on any atom is 0.229 e. The van der Waals surface area contributed by atoms with E-state index >= 15 is 0 Å². The van der Waals surface area contributed by atoms with E-state index in [1.54, 1.807) is 0 Å². The van der Waals surface area contributed by atoms with E-state index in [0.717, 1.165) is 6.42 Å². The van der Waals surface area contributed by atoms with Crippen LogP contribution in [0.4, 0.5) is 0 Å². The summed E-state index contributed by atoms with van der Waals surface area (Å²) < 4.78 is 0. The van der Waals surface area contributed by atoms with Crippen LogP contribution < -0.4 is 5.32 Å². The first kappa shape index (κ1) is 16.1. The van der Waals surface area contributed by atoms with E-state index in [0.29, 0.717) is 6.42 Å². The minimum absolute atomic E-state index is 0.117. The lowest BCUT2D eigenvalue weighted by Crippen LogP contribution is -2.39. The molecule has 2 amide bonds. The molecule has 0 aromatic carbocycles. The largest absolute Gasteiger partial charge is 0.296 e. The highest BCUT2D eigenvalue weighted by Gasteiger charge is 2.27. The molecule has 0 saturated carbocycles. The van der Waals surface area contributed by atoms with Crippen LogP contribution in [0.3, 0.4) is 0 Å². The monoisotopic (exact) mass is 241 g/mol. The van der Waals surface area contributed by atoms with Crippen LogP contribution in [0.15, 0.2) is 0 Å². The Bertz CT molecular complexity index is 282. The van der Waals surface area contributed by atoms with Gasteiger partial charge in [-0.15, -0.1) is 0 Å². The molecule has 0 aromatic heterocycles. The predicted molar refractivity (Wildman–Crippen MR) is 70.5 cm³/mol. The molecule has 0 aromatic rings. The molecule has 0 radical (unpaired) electrons. The average Bonchev–Trinajstić information content (AvgIpc) is 2.10. The first-order chi connectivity index (χ1) is 7.43. The normalized spacial score (nSPS) is 14.3. The quantitative estimate of drug-likeness (QED) is 0.825. The topological polar surface area (TPSA) is 46.2 Å². The molecule has 1 unspecified atom stereocenters. The van der Waals surface area contributed by atoms with Crippen LogP contribution in [0.1, 0.15) is 61.3 Å². The molecule has 100 valence electrons. The number of hydrogen-bond donors (Lipinski definition) is 1. The molecule has 1 N–H and O–H groups in total. The highest BCUT2D eigenvalue weighted by Crippen LogP contribution is 2.25. The third-order valence-electron chi connectivity index (χ3n) is 3.06. The number of imide groups is 1. The van der Waals surface area contributed by atoms with Crippen LogP contribution in [0.25, 0.3) is 0 Å². The van der Waals surface area contributed by atoms with Gasteiger partial charge in [-0.05, 0) is 17.3 Å². The molecular weight excluding hydrogens is 214 g/mol. The van der Waals surface area contributed by atoms with Crippen molar-refractivity contribution in [2.45, 2.75) is 61.3 Å². The van der Waals surface area contributed by atoms with Gasteiger partial charge in [0.25, 0.3) is 0 Å². The summed E-state index contributed by atoms with van der Waals surface area (Å²) in [4.78, 5) is 23.4. The zero-order valence-corrected chi connectivity index (χ0v) is 12.3. The maximum absolute atomic E-state index is 11.8. The predicted octanol–water partition coefficient (Wildman–Crippen LogP) is 3.14. The Kier molecular flexibility index (Phi) is 5.37. The first-order valence-electron chi connectivity index (χ1n) is 6.27. The zero-order valence-electron chi connectivity index (χ0n) is 12.3. The van der Waals surface area contributed by atoms with Crippen molar-refractivity contribution in [3.8, 4) is 0 Å². The number of carbonyl (C=O) groups excluding carboxylic acids is 2. The molecule has 0 bridgehead atoms. The van der Waals surface area contributed by atoms with Gasteiger partial charge in [-0.2, -0.15) is 0 Å². The summed E-state index contributed by atoms with van der Waals surface area (Å²) in [6, 6.07) is 0. The molecule has 0 rings (SSSR count). The summed E-state index contributed by atoms with van der Waals surface area (Å²) in [5.41, 5.74) is 0.00439. The Balaban J connectivity index is 4.19. The fourth-order valence-corrected chi connectivity index (χ4v) is 1.19. The lowest BCUT2D eigenvalue weighted by molar-refractivity contribution is -0.134. The van der Waals surface area contributed by atoms with Gasteiger partial charge in [0.2, 0.25) is 11.8 Å². The smallest absolute Gasteiger partial charge is 0.229 e. The minimum Gasteiger partial charge on any atom is -0.296 e. The second-order valence-electron chi connectivity index (χ2n) is 7.06. The van der Waals surface area contributed by atoms with E-state index in [1.807, 2.05) is 27.7 Å². The molecule has 0 aliphatic rings. The molecule has 0 spiro atoms. The summed E-state index contributed by atoms with van der Waals surface area (Å²) in [5.74, 6) is -0.501. The van der Waals surface area contributed by atoms with Crippen LogP contribution >= 0.6 is 0 Å². The molecule has 0 fully saturated rings.